The summed E-state index contributed by atoms with van der Waals surface area (Å²) in [6, 6.07) is 3.80. The lowest BCUT2D eigenvalue weighted by Gasteiger charge is -2.47. The number of carbonyl (C=O) groups is 1. The normalized spacial score (nSPS) is 26.4. The first-order valence-electron chi connectivity index (χ1n) is 11.6. The van der Waals surface area contributed by atoms with Crippen LogP contribution in [-0.4, -0.2) is 40.7 Å². The first-order valence-corrected chi connectivity index (χ1v) is 11.6. The molecule has 1 N–H and O–H groups in total. The van der Waals surface area contributed by atoms with E-state index in [1.165, 1.54) is 0 Å². The molecule has 3 atom stereocenters. The van der Waals surface area contributed by atoms with Crippen LogP contribution in [-0.2, 0) is 17.6 Å². The summed E-state index contributed by atoms with van der Waals surface area (Å²) >= 11 is 0. The van der Waals surface area contributed by atoms with Crippen molar-refractivity contribution in [3.63, 3.8) is 0 Å². The Morgan fingerprint density at radius 3 is 2.87 bits per heavy atom. The van der Waals surface area contributed by atoms with Crippen LogP contribution >= 0.6 is 0 Å². The van der Waals surface area contributed by atoms with Gasteiger partial charge in [-0.1, -0.05) is 12.8 Å². The van der Waals surface area contributed by atoms with Gasteiger partial charge in [0.05, 0.1) is 11.0 Å². The fraction of sp³-hybridized carbons (Fsp3) is 0.600. The minimum Gasteiger partial charge on any atom is -0.480 e. The van der Waals surface area contributed by atoms with Gasteiger partial charge in [0.2, 0.25) is 0 Å². The zero-order valence-electron chi connectivity index (χ0n) is 18.4. The molecule has 1 amide bonds. The van der Waals surface area contributed by atoms with Gasteiger partial charge in [0.25, 0.3) is 5.91 Å². The number of amides is 1. The Morgan fingerprint density at radius 1 is 1.23 bits per heavy atom. The van der Waals surface area contributed by atoms with Crippen LogP contribution in [0.3, 0.4) is 0 Å². The fourth-order valence-corrected chi connectivity index (χ4v) is 5.87. The molecule has 0 bridgehead atoms. The number of hydrogen-bond acceptors (Lipinski definition) is 5. The maximum atomic E-state index is 13.2. The summed E-state index contributed by atoms with van der Waals surface area (Å²) in [6.45, 7) is 4.89. The lowest BCUT2D eigenvalue weighted by Crippen LogP contribution is -2.56. The third-order valence-corrected chi connectivity index (χ3v) is 7.57. The molecule has 2 heterocycles. The molecule has 1 aromatic heterocycles. The van der Waals surface area contributed by atoms with E-state index >= 15 is 0 Å². The molecular weight excluding hydrogens is 394 g/mol. The van der Waals surface area contributed by atoms with E-state index in [1.54, 1.807) is 6.92 Å². The second kappa shape index (κ2) is 7.66. The third-order valence-electron chi connectivity index (χ3n) is 7.57. The van der Waals surface area contributed by atoms with Crippen molar-refractivity contribution in [2.24, 2.45) is 5.92 Å². The molecule has 5 rings (SSSR count). The zero-order chi connectivity index (χ0) is 21.8. The molecular formula is C25H31NO5. The van der Waals surface area contributed by atoms with Gasteiger partial charge in [-0.2, -0.15) is 0 Å². The van der Waals surface area contributed by atoms with E-state index in [0.717, 1.165) is 67.0 Å². The highest BCUT2D eigenvalue weighted by molar-refractivity contribution is 5.89. The van der Waals surface area contributed by atoms with Gasteiger partial charge in [0, 0.05) is 24.6 Å². The number of carbonyl (C=O) groups excluding carboxylic acids is 1. The van der Waals surface area contributed by atoms with Crippen molar-refractivity contribution in [3.05, 3.63) is 39.2 Å². The van der Waals surface area contributed by atoms with Crippen molar-refractivity contribution in [2.75, 3.05) is 13.1 Å². The number of hydrogen-bond donors (Lipinski definition) is 1. The Morgan fingerprint density at radius 2 is 2.03 bits per heavy atom. The number of aliphatic hydroxyl groups is 1. The largest absolute Gasteiger partial charge is 0.480 e. The van der Waals surface area contributed by atoms with E-state index < -0.39 is 11.7 Å². The van der Waals surface area contributed by atoms with Gasteiger partial charge < -0.3 is 19.2 Å². The van der Waals surface area contributed by atoms with Crippen LogP contribution in [0, 0.1) is 12.8 Å². The van der Waals surface area contributed by atoms with Gasteiger partial charge in [-0.15, -0.1) is 0 Å². The van der Waals surface area contributed by atoms with E-state index in [2.05, 4.69) is 0 Å². The summed E-state index contributed by atoms with van der Waals surface area (Å²) in [5.41, 5.74) is 2.34. The summed E-state index contributed by atoms with van der Waals surface area (Å²) in [7, 11) is 0. The maximum Gasteiger partial charge on any atom is 0.339 e. The van der Waals surface area contributed by atoms with Crippen LogP contribution in [0.25, 0.3) is 11.0 Å². The molecule has 0 spiro atoms. The minimum atomic E-state index is -0.649. The Kier molecular flexibility index (Phi) is 5.08. The molecule has 2 fully saturated rings. The molecule has 1 aliphatic heterocycles. The van der Waals surface area contributed by atoms with Crippen LogP contribution < -0.4 is 10.4 Å². The van der Waals surface area contributed by atoms with Crippen molar-refractivity contribution in [3.8, 4) is 5.75 Å². The van der Waals surface area contributed by atoms with Gasteiger partial charge in [-0.3, -0.25) is 4.79 Å². The fourth-order valence-electron chi connectivity index (χ4n) is 5.87. The number of aryl methyl sites for hydroxylation is 2. The van der Waals surface area contributed by atoms with Crippen LogP contribution in [0.1, 0.15) is 62.1 Å². The molecule has 1 saturated carbocycles. The van der Waals surface area contributed by atoms with Crippen molar-refractivity contribution in [2.45, 2.75) is 76.9 Å². The second-order valence-electron chi connectivity index (χ2n) is 9.68. The van der Waals surface area contributed by atoms with Crippen molar-refractivity contribution in [1.29, 1.82) is 0 Å². The molecule has 6 nitrogen and oxygen atoms in total. The molecule has 166 valence electrons. The molecule has 6 heteroatoms. The van der Waals surface area contributed by atoms with Gasteiger partial charge in [0.15, 0.2) is 6.10 Å². The van der Waals surface area contributed by atoms with E-state index in [1.807, 2.05) is 24.0 Å². The molecule has 0 unspecified atom stereocenters. The third kappa shape index (κ3) is 3.55. The predicted molar refractivity (Wildman–Crippen MR) is 117 cm³/mol. The number of fused-ring (bicyclic) bond motifs is 4. The second-order valence-corrected chi connectivity index (χ2v) is 9.68. The Bertz CT molecular complexity index is 1090. The average molecular weight is 426 g/mol. The lowest BCUT2D eigenvalue weighted by molar-refractivity contribution is -0.149. The Balaban J connectivity index is 1.40. The molecule has 2 aliphatic carbocycles. The first kappa shape index (κ1) is 20.6. The van der Waals surface area contributed by atoms with Crippen LogP contribution in [0.2, 0.25) is 0 Å². The Labute approximate surface area is 182 Å². The van der Waals surface area contributed by atoms with E-state index in [9.17, 15) is 14.7 Å². The van der Waals surface area contributed by atoms with Crippen LogP contribution in [0.15, 0.2) is 21.3 Å². The molecule has 1 saturated heterocycles. The quantitative estimate of drug-likeness (QED) is 0.762. The highest BCUT2D eigenvalue weighted by Crippen LogP contribution is 2.40. The van der Waals surface area contributed by atoms with Crippen LogP contribution in [0.5, 0.6) is 5.75 Å². The minimum absolute atomic E-state index is 0.0451. The molecule has 31 heavy (non-hydrogen) atoms. The number of rotatable bonds is 3. The molecule has 3 aliphatic rings. The number of nitrogens with zero attached hydrogens (tertiary/aromatic N) is 1. The SMILES string of the molecule is Cc1cc(O[C@@H](C)C(=O)N2CC[C@]3(O)CCCC[C@H]3C2)c2c3c(c(=O)oc2c1)CCC3. The van der Waals surface area contributed by atoms with E-state index in [-0.39, 0.29) is 17.5 Å². The number of benzene rings is 1. The smallest absolute Gasteiger partial charge is 0.339 e. The monoisotopic (exact) mass is 425 g/mol. The molecule has 1 aromatic carbocycles. The van der Waals surface area contributed by atoms with E-state index in [0.29, 0.717) is 30.8 Å². The van der Waals surface area contributed by atoms with E-state index in [4.69, 9.17) is 9.15 Å². The van der Waals surface area contributed by atoms with Crippen LogP contribution in [0.4, 0.5) is 0 Å². The standard InChI is InChI=1S/C25H31NO5/c1-15-12-20(22-18-7-5-8-19(18)24(28)31-21(22)13-15)30-16(2)23(27)26-11-10-25(29)9-4-3-6-17(25)14-26/h12-13,16-17,29H,3-11,14H2,1-2H3/t16-,17-,25+/m0/s1. The average Bonchev–Trinajstić information content (AvgIpc) is 3.22. The highest BCUT2D eigenvalue weighted by atomic mass is 16.5. The maximum absolute atomic E-state index is 13.2. The van der Waals surface area contributed by atoms with Gasteiger partial charge in [-0.25, -0.2) is 4.79 Å². The van der Waals surface area contributed by atoms with Gasteiger partial charge in [-0.05, 0) is 75.6 Å². The van der Waals surface area contributed by atoms with Gasteiger partial charge in [0.1, 0.15) is 11.3 Å². The number of ether oxygens (including phenoxy) is 1. The molecule has 2 aromatic rings. The summed E-state index contributed by atoms with van der Waals surface area (Å²) in [4.78, 5) is 27.4. The highest BCUT2D eigenvalue weighted by Gasteiger charge is 2.44. The topological polar surface area (TPSA) is 80.0 Å². The summed E-state index contributed by atoms with van der Waals surface area (Å²) < 4.78 is 11.8. The van der Waals surface area contributed by atoms with Crippen molar-refractivity contribution >= 4 is 16.9 Å². The van der Waals surface area contributed by atoms with Gasteiger partial charge >= 0.3 is 5.63 Å². The summed E-state index contributed by atoms with van der Waals surface area (Å²) in [5, 5.41) is 11.8. The van der Waals surface area contributed by atoms with Crippen molar-refractivity contribution in [1.82, 2.24) is 4.90 Å². The van der Waals surface area contributed by atoms with Crippen molar-refractivity contribution < 1.29 is 19.1 Å². The number of piperidine rings is 1. The number of likely N-dealkylation sites (tertiary alicyclic amines) is 1. The Hall–Kier alpha value is -2.34. The lowest BCUT2D eigenvalue weighted by atomic mass is 9.71. The molecule has 0 radical (unpaired) electrons. The first-order chi connectivity index (χ1) is 14.9. The zero-order valence-corrected chi connectivity index (χ0v) is 18.4. The summed E-state index contributed by atoms with van der Waals surface area (Å²) in [6.07, 6.45) is 6.48. The predicted octanol–water partition coefficient (Wildman–Crippen LogP) is 3.51. The summed E-state index contributed by atoms with van der Waals surface area (Å²) in [5.74, 6) is 0.726.